The van der Waals surface area contributed by atoms with Gasteiger partial charge in [0.1, 0.15) is 6.10 Å². The number of aliphatic hydroxyl groups is 1. The van der Waals surface area contributed by atoms with E-state index in [1.807, 2.05) is 0 Å². The van der Waals surface area contributed by atoms with Crippen LogP contribution in [0.1, 0.15) is 63.9 Å². The summed E-state index contributed by atoms with van der Waals surface area (Å²) < 4.78 is 45.6. The van der Waals surface area contributed by atoms with Gasteiger partial charge in [-0.1, -0.05) is 23.2 Å². The van der Waals surface area contributed by atoms with Crippen LogP contribution in [0, 0.1) is 19.8 Å². The molecule has 2 aromatic heterocycles. The Morgan fingerprint density at radius 3 is 2.47 bits per heavy atom. The molecule has 1 aromatic carbocycles. The van der Waals surface area contributed by atoms with Gasteiger partial charge in [-0.2, -0.15) is 18.3 Å². The van der Waals surface area contributed by atoms with Crippen LogP contribution in [0.3, 0.4) is 0 Å². The number of hydrogen-bond acceptors (Lipinski definition) is 6. The van der Waals surface area contributed by atoms with Crippen LogP contribution in [0.25, 0.3) is 5.65 Å². The molecule has 1 saturated heterocycles. The highest BCUT2D eigenvalue weighted by Gasteiger charge is 2.35. The highest BCUT2D eigenvalue weighted by molar-refractivity contribution is 6.38. The van der Waals surface area contributed by atoms with Gasteiger partial charge in [-0.05, 0) is 56.4 Å². The zero-order chi connectivity index (χ0) is 27.9. The third-order valence-corrected chi connectivity index (χ3v) is 7.53. The second-order valence-electron chi connectivity index (χ2n) is 9.27. The number of hydrogen-bond donors (Lipinski definition) is 1. The first-order valence-corrected chi connectivity index (χ1v) is 12.5. The van der Waals surface area contributed by atoms with Crippen molar-refractivity contribution in [2.75, 3.05) is 20.2 Å². The summed E-state index contributed by atoms with van der Waals surface area (Å²) in [6, 6.07) is 3.77. The Labute approximate surface area is 226 Å². The number of methoxy groups -OCH3 is 1. The average Bonchev–Trinajstić information content (AvgIpc) is 3.20. The summed E-state index contributed by atoms with van der Waals surface area (Å²) in [6.07, 6.45) is -4.68. The lowest BCUT2D eigenvalue weighted by Gasteiger charge is -2.32. The maximum Gasteiger partial charge on any atom is 0.435 e. The monoisotopic (exact) mass is 572 g/mol. The smallest absolute Gasteiger partial charge is 0.435 e. The number of alkyl halides is 3. The molecule has 0 radical (unpaired) electrons. The van der Waals surface area contributed by atoms with Crippen LogP contribution in [0.5, 0.6) is 0 Å². The Balaban J connectivity index is 1.65. The molecule has 13 heteroatoms. The highest BCUT2D eigenvalue weighted by atomic mass is 35.5. The van der Waals surface area contributed by atoms with E-state index in [0.29, 0.717) is 25.9 Å². The van der Waals surface area contributed by atoms with Gasteiger partial charge in [0.2, 0.25) is 0 Å². The van der Waals surface area contributed by atoms with Crippen LogP contribution < -0.4 is 0 Å². The number of nitrogens with zero attached hydrogens (tertiary/aromatic N) is 4. The predicted molar refractivity (Wildman–Crippen MR) is 133 cm³/mol. The molecule has 0 saturated carbocycles. The van der Waals surface area contributed by atoms with E-state index in [1.165, 1.54) is 33.1 Å². The van der Waals surface area contributed by atoms with Crippen LogP contribution in [-0.4, -0.2) is 56.7 Å². The average molecular weight is 573 g/mol. The molecule has 1 N–H and O–H groups in total. The number of carbonyl (C=O) groups excluding carboxylic acids is 2. The third-order valence-electron chi connectivity index (χ3n) is 6.79. The zero-order valence-corrected chi connectivity index (χ0v) is 22.3. The first kappa shape index (κ1) is 28.1. The van der Waals surface area contributed by atoms with E-state index < -0.39 is 18.0 Å². The molecule has 0 aliphatic carbocycles. The van der Waals surface area contributed by atoms with E-state index >= 15 is 0 Å². The lowest BCUT2D eigenvalue weighted by Crippen LogP contribution is -2.39. The van der Waals surface area contributed by atoms with Crippen molar-refractivity contribution in [1.29, 1.82) is 0 Å². The van der Waals surface area contributed by atoms with Crippen molar-refractivity contribution in [2.24, 2.45) is 5.92 Å². The van der Waals surface area contributed by atoms with Crippen molar-refractivity contribution in [1.82, 2.24) is 19.5 Å². The molecule has 0 spiro atoms. The van der Waals surface area contributed by atoms with Gasteiger partial charge in [-0.15, -0.1) is 0 Å². The number of ether oxygens (including phenoxy) is 1. The molecule has 3 aromatic rings. The molecule has 204 valence electrons. The van der Waals surface area contributed by atoms with Crippen LogP contribution in [0.4, 0.5) is 13.2 Å². The number of aryl methyl sites for hydroxylation is 2. The standard InChI is InChI=1S/C25H25Cl2F3N4O4/c1-12-10-17(25(28,29)30)32-34-13(2)21(31-23(12)34)22(36)19-16(26)5-4-15(20(19)27)24(37)33-8-6-14(7-9-33)11-18(35)38-3/h4-5,10,14,22,36H,6-9,11H2,1-3H3. The number of benzene rings is 1. The lowest BCUT2D eigenvalue weighted by atomic mass is 9.93. The number of rotatable bonds is 5. The van der Waals surface area contributed by atoms with Gasteiger partial charge >= 0.3 is 12.1 Å². The molecular formula is C25H25Cl2F3N4O4. The van der Waals surface area contributed by atoms with Gasteiger partial charge in [0.15, 0.2) is 11.3 Å². The first-order valence-electron chi connectivity index (χ1n) is 11.8. The summed E-state index contributed by atoms with van der Waals surface area (Å²) in [5, 5.41) is 14.9. The fraction of sp³-hybridized carbons (Fsp3) is 0.440. The molecule has 1 atom stereocenters. The fourth-order valence-corrected chi connectivity index (χ4v) is 5.30. The number of esters is 1. The Hall–Kier alpha value is -2.89. The minimum Gasteiger partial charge on any atom is -0.469 e. The van der Waals surface area contributed by atoms with Gasteiger partial charge in [0.25, 0.3) is 5.91 Å². The minimum absolute atomic E-state index is 0.0111. The van der Waals surface area contributed by atoms with Gasteiger partial charge in [-0.25, -0.2) is 9.50 Å². The van der Waals surface area contributed by atoms with E-state index in [2.05, 4.69) is 10.1 Å². The molecular weight excluding hydrogens is 548 g/mol. The Kier molecular flexibility index (Phi) is 7.92. The Morgan fingerprint density at radius 1 is 1.21 bits per heavy atom. The second kappa shape index (κ2) is 10.7. The minimum atomic E-state index is -4.66. The topological polar surface area (TPSA) is 97.0 Å². The van der Waals surface area contributed by atoms with E-state index in [-0.39, 0.29) is 68.0 Å². The van der Waals surface area contributed by atoms with E-state index in [1.54, 1.807) is 4.90 Å². The van der Waals surface area contributed by atoms with Crippen molar-refractivity contribution in [3.63, 3.8) is 0 Å². The van der Waals surface area contributed by atoms with Crippen LogP contribution >= 0.6 is 23.2 Å². The van der Waals surface area contributed by atoms with Crippen LogP contribution in [-0.2, 0) is 15.7 Å². The number of imidazole rings is 1. The molecule has 0 bridgehead atoms. The molecule has 3 heterocycles. The van der Waals surface area contributed by atoms with Gasteiger partial charge < -0.3 is 14.7 Å². The maximum absolute atomic E-state index is 13.3. The Morgan fingerprint density at radius 2 is 1.87 bits per heavy atom. The number of fused-ring (bicyclic) bond motifs is 1. The molecule has 4 rings (SSSR count). The first-order chi connectivity index (χ1) is 17.8. The lowest BCUT2D eigenvalue weighted by molar-refractivity contribution is -0.142. The SMILES string of the molecule is COC(=O)CC1CCN(C(=O)c2ccc(Cl)c(C(O)c3nc4c(C)cc(C(F)(F)F)nn4c3C)c2Cl)CC1. The molecule has 1 aliphatic rings. The fourth-order valence-electron chi connectivity index (χ4n) is 4.64. The molecule has 1 fully saturated rings. The summed E-state index contributed by atoms with van der Waals surface area (Å²) in [7, 11) is 1.33. The molecule has 1 aliphatic heterocycles. The number of amides is 1. The summed E-state index contributed by atoms with van der Waals surface area (Å²) >= 11 is 13.0. The van der Waals surface area contributed by atoms with Crippen molar-refractivity contribution in [3.8, 4) is 0 Å². The van der Waals surface area contributed by atoms with Crippen molar-refractivity contribution in [3.05, 3.63) is 62.0 Å². The zero-order valence-electron chi connectivity index (χ0n) is 20.8. The van der Waals surface area contributed by atoms with Crippen LogP contribution in [0.15, 0.2) is 18.2 Å². The van der Waals surface area contributed by atoms with E-state index in [0.717, 1.165) is 10.6 Å². The summed E-state index contributed by atoms with van der Waals surface area (Å²) in [5.74, 6) is -0.551. The number of aliphatic hydroxyl groups excluding tert-OH is 1. The normalized spacial score (nSPS) is 15.7. The number of halogens is 5. The summed E-state index contributed by atoms with van der Waals surface area (Å²) in [4.78, 5) is 30.8. The number of likely N-dealkylation sites (tertiary alicyclic amines) is 1. The van der Waals surface area contributed by atoms with Gasteiger partial charge in [0.05, 0.1) is 29.1 Å². The number of carbonyl (C=O) groups is 2. The molecule has 1 unspecified atom stereocenters. The second-order valence-corrected chi connectivity index (χ2v) is 10.1. The van der Waals surface area contributed by atoms with Gasteiger partial charge in [0, 0.05) is 30.1 Å². The van der Waals surface area contributed by atoms with E-state index in [9.17, 15) is 27.9 Å². The Bertz CT molecular complexity index is 1400. The highest BCUT2D eigenvalue weighted by Crippen LogP contribution is 2.38. The van der Waals surface area contributed by atoms with Crippen molar-refractivity contribution in [2.45, 2.75) is 45.4 Å². The predicted octanol–water partition coefficient (Wildman–Crippen LogP) is 5.17. The molecule has 1 amide bonds. The summed E-state index contributed by atoms with van der Waals surface area (Å²) in [6.45, 7) is 3.76. The third kappa shape index (κ3) is 5.32. The van der Waals surface area contributed by atoms with E-state index in [4.69, 9.17) is 27.9 Å². The van der Waals surface area contributed by atoms with Crippen molar-refractivity contribution >= 4 is 40.7 Å². The summed E-state index contributed by atoms with van der Waals surface area (Å²) in [5.41, 5.74) is -0.436. The van der Waals surface area contributed by atoms with Crippen LogP contribution in [0.2, 0.25) is 10.0 Å². The largest absolute Gasteiger partial charge is 0.469 e. The quantitative estimate of drug-likeness (QED) is 0.424. The molecule has 38 heavy (non-hydrogen) atoms. The molecule has 8 nitrogen and oxygen atoms in total. The van der Waals surface area contributed by atoms with Crippen molar-refractivity contribution < 1.29 is 32.6 Å². The maximum atomic E-state index is 13.3. The van der Waals surface area contributed by atoms with Gasteiger partial charge in [-0.3, -0.25) is 9.59 Å². The number of piperidine rings is 1. The number of aromatic nitrogens is 3.